The molecular formula is C22H12ClF3N6O3. The zero-order valence-electron chi connectivity index (χ0n) is 17.4. The lowest BCUT2D eigenvalue weighted by Gasteiger charge is -2.15. The first-order valence-corrected chi connectivity index (χ1v) is 10.1. The van der Waals surface area contributed by atoms with E-state index in [1.807, 2.05) is 0 Å². The van der Waals surface area contributed by atoms with Gasteiger partial charge in [0.1, 0.15) is 5.75 Å². The molecule has 3 heterocycles. The van der Waals surface area contributed by atoms with E-state index in [1.165, 1.54) is 18.3 Å². The molecule has 35 heavy (non-hydrogen) atoms. The average molecular weight is 501 g/mol. The van der Waals surface area contributed by atoms with Crippen molar-refractivity contribution in [2.75, 3.05) is 0 Å². The molecule has 3 aromatic heterocycles. The molecule has 0 fully saturated rings. The molecule has 0 radical (unpaired) electrons. The first-order valence-electron chi connectivity index (χ1n) is 9.70. The van der Waals surface area contributed by atoms with E-state index in [0.29, 0.717) is 17.6 Å². The van der Waals surface area contributed by atoms with Crippen LogP contribution in [0.25, 0.3) is 11.3 Å². The third-order valence-electron chi connectivity index (χ3n) is 4.66. The van der Waals surface area contributed by atoms with E-state index in [2.05, 4.69) is 20.2 Å². The van der Waals surface area contributed by atoms with Crippen molar-refractivity contribution in [3.05, 3.63) is 97.7 Å². The normalized spacial score (nSPS) is 11.2. The third-order valence-corrected chi connectivity index (χ3v) is 4.88. The number of hydrogen-bond donors (Lipinski definition) is 1. The van der Waals surface area contributed by atoms with E-state index >= 15 is 0 Å². The summed E-state index contributed by atoms with van der Waals surface area (Å²) in [5.74, 6) is -1.40. The highest BCUT2D eigenvalue weighted by Gasteiger charge is 2.38. The molecule has 0 bridgehead atoms. The van der Waals surface area contributed by atoms with Gasteiger partial charge in [-0.2, -0.15) is 23.5 Å². The molecule has 0 spiro atoms. The minimum Gasteiger partial charge on any atom is -0.449 e. The minimum absolute atomic E-state index is 0.0107. The number of benzene rings is 1. The number of halogens is 4. The lowest BCUT2D eigenvalue weighted by atomic mass is 10.1. The predicted octanol–water partition coefficient (Wildman–Crippen LogP) is 3.77. The van der Waals surface area contributed by atoms with Crippen LogP contribution in [0, 0.1) is 11.3 Å². The summed E-state index contributed by atoms with van der Waals surface area (Å²) in [4.78, 5) is 32.6. The van der Waals surface area contributed by atoms with Crippen molar-refractivity contribution in [2.45, 2.75) is 12.7 Å². The number of rotatable bonds is 5. The van der Waals surface area contributed by atoms with Crippen LogP contribution in [0.1, 0.15) is 16.8 Å². The average Bonchev–Trinajstić information content (AvgIpc) is 2.82. The maximum atomic E-state index is 13.6. The molecule has 1 N–H and O–H groups in total. The van der Waals surface area contributed by atoms with Crippen LogP contribution >= 0.6 is 11.6 Å². The van der Waals surface area contributed by atoms with Crippen LogP contribution in [0.3, 0.4) is 0 Å². The third kappa shape index (κ3) is 5.20. The molecule has 0 atom stereocenters. The Balaban J connectivity index is 1.78. The van der Waals surface area contributed by atoms with Crippen molar-refractivity contribution in [1.82, 2.24) is 24.7 Å². The Hall–Kier alpha value is -4.50. The van der Waals surface area contributed by atoms with Gasteiger partial charge in [0.2, 0.25) is 5.75 Å². The molecule has 0 aliphatic heterocycles. The lowest BCUT2D eigenvalue weighted by Crippen LogP contribution is -2.28. The summed E-state index contributed by atoms with van der Waals surface area (Å²) in [5.41, 5.74) is -2.48. The molecule has 0 unspecified atom stereocenters. The fraction of sp³-hybridized carbons (Fsp3) is 0.0909. The quantitative estimate of drug-likeness (QED) is 0.442. The number of ether oxygens (including phenoxy) is 1. The molecule has 0 aliphatic rings. The van der Waals surface area contributed by atoms with Gasteiger partial charge in [0.05, 0.1) is 30.2 Å². The fourth-order valence-corrected chi connectivity index (χ4v) is 3.31. The predicted molar refractivity (Wildman–Crippen MR) is 117 cm³/mol. The van der Waals surface area contributed by atoms with E-state index in [0.717, 1.165) is 16.7 Å². The molecule has 0 saturated heterocycles. The Bertz CT molecular complexity index is 1560. The van der Waals surface area contributed by atoms with Crippen molar-refractivity contribution in [3.8, 4) is 28.8 Å². The summed E-state index contributed by atoms with van der Waals surface area (Å²) in [7, 11) is 0. The molecule has 13 heteroatoms. The maximum Gasteiger partial charge on any atom is 0.437 e. The molecule has 0 saturated carbocycles. The van der Waals surface area contributed by atoms with E-state index in [4.69, 9.17) is 21.6 Å². The van der Waals surface area contributed by atoms with Gasteiger partial charge in [-0.05, 0) is 36.4 Å². The SMILES string of the molecule is N#Cc1cc(Cl)cc(Oc2c(C(F)(F)F)ncn(Cc3cc(-c4cccnc4)n[nH]c3=O)c2=O)c1. The molecule has 4 rings (SSSR count). The van der Waals surface area contributed by atoms with Gasteiger partial charge in [0.25, 0.3) is 11.1 Å². The second kappa shape index (κ2) is 9.40. The van der Waals surface area contributed by atoms with Crippen molar-refractivity contribution in [1.29, 1.82) is 5.26 Å². The largest absolute Gasteiger partial charge is 0.449 e. The lowest BCUT2D eigenvalue weighted by molar-refractivity contribution is -0.142. The Labute approximate surface area is 199 Å². The van der Waals surface area contributed by atoms with E-state index in [9.17, 15) is 22.8 Å². The molecule has 9 nitrogen and oxygen atoms in total. The number of aromatic nitrogens is 5. The first kappa shape index (κ1) is 23.7. The van der Waals surface area contributed by atoms with Gasteiger partial charge >= 0.3 is 6.18 Å². The second-order valence-corrected chi connectivity index (χ2v) is 7.53. The van der Waals surface area contributed by atoms with Crippen LogP contribution in [-0.4, -0.2) is 24.7 Å². The van der Waals surface area contributed by atoms with Gasteiger partial charge in [-0.25, -0.2) is 10.1 Å². The second-order valence-electron chi connectivity index (χ2n) is 7.09. The Morgan fingerprint density at radius 1 is 1.20 bits per heavy atom. The first-order chi connectivity index (χ1) is 16.7. The van der Waals surface area contributed by atoms with Crippen molar-refractivity contribution < 1.29 is 17.9 Å². The number of nitriles is 1. The summed E-state index contributed by atoms with van der Waals surface area (Å²) >= 11 is 5.88. The smallest absolute Gasteiger partial charge is 0.437 e. The number of nitrogens with one attached hydrogen (secondary N) is 1. The zero-order valence-corrected chi connectivity index (χ0v) is 18.1. The van der Waals surface area contributed by atoms with Crippen LogP contribution in [0.5, 0.6) is 11.5 Å². The highest BCUT2D eigenvalue weighted by Crippen LogP contribution is 2.35. The molecule has 4 aromatic rings. The van der Waals surface area contributed by atoms with Gasteiger partial charge in [-0.15, -0.1) is 0 Å². The van der Waals surface area contributed by atoms with Gasteiger partial charge in [-0.1, -0.05) is 11.6 Å². The highest BCUT2D eigenvalue weighted by molar-refractivity contribution is 6.30. The highest BCUT2D eigenvalue weighted by atomic mass is 35.5. The van der Waals surface area contributed by atoms with Crippen molar-refractivity contribution >= 4 is 11.6 Å². The number of H-pyrrole nitrogens is 1. The minimum atomic E-state index is -5.02. The van der Waals surface area contributed by atoms with E-state index in [1.54, 1.807) is 24.4 Å². The van der Waals surface area contributed by atoms with Crippen LogP contribution in [0.2, 0.25) is 5.02 Å². The van der Waals surface area contributed by atoms with Crippen LogP contribution in [-0.2, 0) is 12.7 Å². The molecule has 0 amide bonds. The topological polar surface area (TPSA) is 127 Å². The molecular weight excluding hydrogens is 489 g/mol. The number of pyridine rings is 1. The van der Waals surface area contributed by atoms with E-state index < -0.39 is 35.3 Å². The number of nitrogens with zero attached hydrogens (tertiary/aromatic N) is 5. The van der Waals surface area contributed by atoms with Gasteiger partial charge < -0.3 is 4.74 Å². The summed E-state index contributed by atoms with van der Waals surface area (Å²) in [5, 5.41) is 15.3. The molecule has 176 valence electrons. The van der Waals surface area contributed by atoms with Crippen molar-refractivity contribution in [2.24, 2.45) is 0 Å². The summed E-state index contributed by atoms with van der Waals surface area (Å²) in [6.45, 7) is -0.426. The van der Waals surface area contributed by atoms with Crippen LogP contribution in [0.15, 0.2) is 64.7 Å². The monoisotopic (exact) mass is 500 g/mol. The van der Waals surface area contributed by atoms with Crippen LogP contribution in [0.4, 0.5) is 13.2 Å². The summed E-state index contributed by atoms with van der Waals surface area (Å²) < 4.78 is 46.8. The number of hydrogen-bond acceptors (Lipinski definition) is 7. The van der Waals surface area contributed by atoms with Gasteiger partial charge in [0, 0.05) is 28.5 Å². The fourth-order valence-electron chi connectivity index (χ4n) is 3.09. The Kier molecular flexibility index (Phi) is 6.35. The van der Waals surface area contributed by atoms with Crippen molar-refractivity contribution in [3.63, 3.8) is 0 Å². The van der Waals surface area contributed by atoms with Gasteiger partial charge in [-0.3, -0.25) is 19.1 Å². The number of alkyl halides is 3. The zero-order chi connectivity index (χ0) is 25.2. The standard InChI is InChI=1S/C22H12ClF3N6O3/c23-15-4-12(8-27)5-16(7-15)35-18-19(22(24,25)26)29-11-32(21(18)34)10-14-6-17(30-31-20(14)33)13-2-1-3-28-9-13/h1-7,9,11H,10H2,(H,31,33). The molecule has 1 aromatic carbocycles. The van der Waals surface area contributed by atoms with Gasteiger partial charge in [0.15, 0.2) is 5.69 Å². The maximum absolute atomic E-state index is 13.6. The number of aromatic amines is 1. The Morgan fingerprint density at radius 3 is 2.69 bits per heavy atom. The summed E-state index contributed by atoms with van der Waals surface area (Å²) in [6, 6.07) is 10.1. The Morgan fingerprint density at radius 2 is 2.00 bits per heavy atom. The van der Waals surface area contributed by atoms with E-state index in [-0.39, 0.29) is 21.9 Å². The van der Waals surface area contributed by atoms with Crippen LogP contribution < -0.4 is 15.9 Å². The summed E-state index contributed by atoms with van der Waals surface area (Å²) in [6.07, 6.45) is -1.31. The molecule has 0 aliphatic carbocycles.